The number of primary amides is 1. The fraction of sp³-hybridized carbons (Fsp3) is 0.367. The fourth-order valence-corrected chi connectivity index (χ4v) is 4.54. The van der Waals surface area contributed by atoms with Crippen LogP contribution in [0.2, 0.25) is 0 Å². The Balaban J connectivity index is 1.90. The second-order valence-electron chi connectivity index (χ2n) is 9.14. The number of carbonyl (C=O) groups excluding carboxylic acids is 1. The molecule has 0 bridgehead atoms. The summed E-state index contributed by atoms with van der Waals surface area (Å²) in [5, 5.41) is 0. The van der Waals surface area contributed by atoms with Gasteiger partial charge in [0.25, 0.3) is 11.7 Å². The highest BCUT2D eigenvalue weighted by Crippen LogP contribution is 2.42. The monoisotopic (exact) mass is 475 g/mol. The molecule has 3 aromatic rings. The van der Waals surface area contributed by atoms with Gasteiger partial charge in [-0.2, -0.15) is 0 Å². The molecule has 1 amide bonds. The van der Waals surface area contributed by atoms with E-state index in [2.05, 4.69) is 63.2 Å². The van der Waals surface area contributed by atoms with Gasteiger partial charge in [0.05, 0.1) is 0 Å². The molecule has 0 aliphatic carbocycles. The predicted molar refractivity (Wildman–Crippen MR) is 140 cm³/mol. The summed E-state index contributed by atoms with van der Waals surface area (Å²) in [7, 11) is 1.41. The average Bonchev–Trinajstić information content (AvgIpc) is 2.86. The van der Waals surface area contributed by atoms with Crippen LogP contribution in [0.1, 0.15) is 61.4 Å². The predicted octanol–water partition coefficient (Wildman–Crippen LogP) is 6.22. The molecule has 0 aromatic heterocycles. The summed E-state index contributed by atoms with van der Waals surface area (Å²) in [5.74, 6) is -0.737. The standard InChI is InChI=1S/C30H37NO4/c1-7-30(8-2,25-15-17-27(22(4)19-25)35-29(5,33-6)28(31)32)24-14-16-26(21(3)18-24)34-20-23-12-10-9-11-13-23/h9-19H,7-8,20H2,1-6H3,(H2,31,32). The van der Waals surface area contributed by atoms with Crippen molar-refractivity contribution < 1.29 is 19.0 Å². The van der Waals surface area contributed by atoms with E-state index in [1.165, 1.54) is 25.2 Å². The Morgan fingerprint density at radius 1 is 0.857 bits per heavy atom. The van der Waals surface area contributed by atoms with E-state index < -0.39 is 11.7 Å². The zero-order valence-electron chi connectivity index (χ0n) is 21.7. The van der Waals surface area contributed by atoms with Gasteiger partial charge >= 0.3 is 0 Å². The highest BCUT2D eigenvalue weighted by Gasteiger charge is 2.35. The number of hydrogen-bond donors (Lipinski definition) is 1. The largest absolute Gasteiger partial charge is 0.489 e. The minimum absolute atomic E-state index is 0.166. The van der Waals surface area contributed by atoms with Crippen molar-refractivity contribution in [1.29, 1.82) is 0 Å². The second kappa shape index (κ2) is 11.0. The van der Waals surface area contributed by atoms with Gasteiger partial charge in [0.1, 0.15) is 18.1 Å². The Hall–Kier alpha value is -3.31. The van der Waals surface area contributed by atoms with Crippen molar-refractivity contribution in [2.24, 2.45) is 5.73 Å². The summed E-state index contributed by atoms with van der Waals surface area (Å²) in [6.07, 6.45) is 1.87. The smallest absolute Gasteiger partial charge is 0.290 e. The molecule has 2 N–H and O–H groups in total. The molecule has 0 aliphatic heterocycles. The fourth-order valence-electron chi connectivity index (χ4n) is 4.54. The molecule has 0 heterocycles. The molecule has 5 heteroatoms. The van der Waals surface area contributed by atoms with Crippen molar-refractivity contribution in [2.75, 3.05) is 7.11 Å². The third-order valence-electron chi connectivity index (χ3n) is 7.04. The van der Waals surface area contributed by atoms with Gasteiger partial charge in [0.15, 0.2) is 0 Å². The van der Waals surface area contributed by atoms with Crippen LogP contribution in [0.15, 0.2) is 66.7 Å². The molecule has 0 aliphatic rings. The van der Waals surface area contributed by atoms with Crippen LogP contribution in [0.4, 0.5) is 0 Å². The summed E-state index contributed by atoms with van der Waals surface area (Å²) in [5.41, 5.74) is 10.9. The maximum absolute atomic E-state index is 11.8. The highest BCUT2D eigenvalue weighted by atomic mass is 16.7. The second-order valence-corrected chi connectivity index (χ2v) is 9.14. The molecule has 35 heavy (non-hydrogen) atoms. The van der Waals surface area contributed by atoms with E-state index in [0.29, 0.717) is 12.4 Å². The SMILES string of the molecule is CCC(CC)(c1ccc(OCc2ccccc2)c(C)c1)c1ccc(OC(C)(OC)C(N)=O)c(C)c1. The van der Waals surface area contributed by atoms with Crippen LogP contribution < -0.4 is 15.2 Å². The molecule has 1 atom stereocenters. The van der Waals surface area contributed by atoms with Gasteiger partial charge < -0.3 is 19.9 Å². The van der Waals surface area contributed by atoms with E-state index in [4.69, 9.17) is 19.9 Å². The normalized spacial score (nSPS) is 13.2. The first-order chi connectivity index (χ1) is 16.7. The lowest BCUT2D eigenvalue weighted by atomic mass is 9.70. The molecule has 5 nitrogen and oxygen atoms in total. The van der Waals surface area contributed by atoms with Gasteiger partial charge in [-0.1, -0.05) is 68.4 Å². The van der Waals surface area contributed by atoms with Crippen LogP contribution in [0.5, 0.6) is 11.5 Å². The Kier molecular flexibility index (Phi) is 8.23. The van der Waals surface area contributed by atoms with Crippen molar-refractivity contribution in [3.8, 4) is 11.5 Å². The molecule has 0 radical (unpaired) electrons. The number of nitrogens with two attached hydrogens (primary N) is 1. The van der Waals surface area contributed by atoms with Crippen LogP contribution in [-0.4, -0.2) is 18.8 Å². The van der Waals surface area contributed by atoms with Gasteiger partial charge in [-0.05, 0) is 66.6 Å². The minimum atomic E-state index is -1.52. The number of ether oxygens (including phenoxy) is 3. The lowest BCUT2D eigenvalue weighted by Crippen LogP contribution is -2.48. The van der Waals surface area contributed by atoms with E-state index in [1.807, 2.05) is 31.2 Å². The summed E-state index contributed by atoms with van der Waals surface area (Å²) >= 11 is 0. The Bertz CT molecular complexity index is 1150. The quantitative estimate of drug-likeness (QED) is 0.335. The molecular formula is C30H37NO4. The van der Waals surface area contributed by atoms with E-state index in [1.54, 1.807) is 0 Å². The molecule has 186 valence electrons. The van der Waals surface area contributed by atoms with Gasteiger partial charge in [-0.3, -0.25) is 4.79 Å². The number of rotatable bonds is 11. The van der Waals surface area contributed by atoms with Crippen LogP contribution in [0.3, 0.4) is 0 Å². The van der Waals surface area contributed by atoms with Gasteiger partial charge in [-0.25, -0.2) is 0 Å². The van der Waals surface area contributed by atoms with Crippen LogP contribution in [-0.2, 0) is 21.6 Å². The zero-order valence-corrected chi connectivity index (χ0v) is 21.7. The van der Waals surface area contributed by atoms with Crippen LogP contribution in [0.25, 0.3) is 0 Å². The lowest BCUT2D eigenvalue weighted by molar-refractivity contribution is -0.175. The van der Waals surface area contributed by atoms with Crippen molar-refractivity contribution in [3.05, 3.63) is 94.5 Å². The Morgan fingerprint density at radius 3 is 1.86 bits per heavy atom. The van der Waals surface area contributed by atoms with Gasteiger partial charge in [0.2, 0.25) is 0 Å². The lowest BCUT2D eigenvalue weighted by Gasteiger charge is -2.34. The van der Waals surface area contributed by atoms with Crippen LogP contribution in [0, 0.1) is 13.8 Å². The topological polar surface area (TPSA) is 70.8 Å². The molecular weight excluding hydrogens is 438 g/mol. The third-order valence-corrected chi connectivity index (χ3v) is 7.04. The molecule has 1 unspecified atom stereocenters. The van der Waals surface area contributed by atoms with Gasteiger partial charge in [-0.15, -0.1) is 0 Å². The van der Waals surface area contributed by atoms with E-state index in [-0.39, 0.29) is 5.41 Å². The van der Waals surface area contributed by atoms with Crippen LogP contribution >= 0.6 is 0 Å². The highest BCUT2D eigenvalue weighted by molar-refractivity contribution is 5.81. The number of hydrogen-bond acceptors (Lipinski definition) is 4. The Morgan fingerprint density at radius 2 is 1.40 bits per heavy atom. The number of amides is 1. The minimum Gasteiger partial charge on any atom is -0.489 e. The summed E-state index contributed by atoms with van der Waals surface area (Å²) < 4.78 is 17.2. The number of benzene rings is 3. The number of carbonyl (C=O) groups is 1. The summed E-state index contributed by atoms with van der Waals surface area (Å²) in [4.78, 5) is 11.8. The van der Waals surface area contributed by atoms with E-state index >= 15 is 0 Å². The Labute approximate surface area is 209 Å². The van der Waals surface area contributed by atoms with E-state index in [0.717, 1.165) is 35.3 Å². The first kappa shape index (κ1) is 26.3. The zero-order chi connectivity index (χ0) is 25.6. The van der Waals surface area contributed by atoms with Crippen molar-refractivity contribution in [1.82, 2.24) is 0 Å². The molecule has 0 saturated heterocycles. The van der Waals surface area contributed by atoms with Crippen molar-refractivity contribution in [3.63, 3.8) is 0 Å². The third kappa shape index (κ3) is 5.51. The number of aryl methyl sites for hydroxylation is 2. The summed E-state index contributed by atoms with van der Waals surface area (Å²) in [6, 6.07) is 22.8. The van der Waals surface area contributed by atoms with Crippen molar-refractivity contribution in [2.45, 2.75) is 65.3 Å². The number of methoxy groups -OCH3 is 1. The molecule has 0 saturated carbocycles. The molecule has 3 rings (SSSR count). The first-order valence-corrected chi connectivity index (χ1v) is 12.1. The van der Waals surface area contributed by atoms with E-state index in [9.17, 15) is 4.79 Å². The first-order valence-electron chi connectivity index (χ1n) is 12.1. The maximum Gasteiger partial charge on any atom is 0.290 e. The maximum atomic E-state index is 11.8. The van der Waals surface area contributed by atoms with Gasteiger partial charge in [0, 0.05) is 19.4 Å². The van der Waals surface area contributed by atoms with Crippen molar-refractivity contribution >= 4 is 5.91 Å². The average molecular weight is 476 g/mol. The molecule has 3 aromatic carbocycles. The summed E-state index contributed by atoms with van der Waals surface area (Å²) in [6.45, 7) is 10.6. The molecule has 0 spiro atoms. The molecule has 0 fully saturated rings.